The fraction of sp³-hybridized carbons (Fsp3) is 0.412. The molecule has 0 atom stereocenters. The van der Waals surface area contributed by atoms with Crippen molar-refractivity contribution in [1.29, 1.82) is 10.5 Å². The van der Waals surface area contributed by atoms with Crippen molar-refractivity contribution in [1.82, 2.24) is 10.6 Å². The van der Waals surface area contributed by atoms with E-state index in [1.807, 2.05) is 36.4 Å². The van der Waals surface area contributed by atoms with Gasteiger partial charge in [0.1, 0.15) is 29.3 Å². The summed E-state index contributed by atoms with van der Waals surface area (Å²) in [6, 6.07) is 11.6. The smallest absolute Gasteiger partial charge is 0.148 e. The van der Waals surface area contributed by atoms with Crippen molar-refractivity contribution in [2.24, 2.45) is 5.41 Å². The monoisotopic (exact) mass is 298 g/mol. The van der Waals surface area contributed by atoms with E-state index in [1.54, 1.807) is 7.11 Å². The number of hydrogen-bond acceptors (Lipinski definition) is 5. The molecule has 0 unspecified atom stereocenters. The first-order valence-electron chi connectivity index (χ1n) is 7.05. The zero-order chi connectivity index (χ0) is 16.6. The highest BCUT2D eigenvalue weighted by molar-refractivity contribution is 5.35. The molecule has 0 amide bonds. The first-order valence-corrected chi connectivity index (χ1v) is 7.05. The Kier molecular flexibility index (Phi) is 6.28. The molecule has 0 aliphatic heterocycles. The highest BCUT2D eigenvalue weighted by Gasteiger charge is 2.13. The molecule has 0 saturated carbocycles. The molecule has 0 saturated heterocycles. The van der Waals surface area contributed by atoms with E-state index in [4.69, 9.17) is 4.74 Å². The van der Waals surface area contributed by atoms with Crippen molar-refractivity contribution < 1.29 is 4.74 Å². The van der Waals surface area contributed by atoms with Gasteiger partial charge in [-0.15, -0.1) is 0 Å². The van der Waals surface area contributed by atoms with E-state index < -0.39 is 0 Å². The van der Waals surface area contributed by atoms with Crippen LogP contribution in [0.25, 0.3) is 0 Å². The van der Waals surface area contributed by atoms with E-state index in [0.29, 0.717) is 13.1 Å². The van der Waals surface area contributed by atoms with Crippen LogP contribution in [0.5, 0.6) is 5.75 Å². The minimum atomic E-state index is 0.0264. The first kappa shape index (κ1) is 17.4. The summed E-state index contributed by atoms with van der Waals surface area (Å²) in [5, 5.41) is 24.5. The SMILES string of the molecule is COc1ccc(CN/C(C#N)=C(/C#N)NCC(C)(C)C)cc1. The molecular formula is C17H22N4O. The van der Waals surface area contributed by atoms with Crippen LogP contribution in [-0.2, 0) is 6.54 Å². The standard InChI is InChI=1S/C17H22N4O/c1-17(2,3)12-21-16(10-19)15(9-18)20-11-13-5-7-14(22-4)8-6-13/h5-8,20-21H,11-12H2,1-4H3/b16-15-. The minimum Gasteiger partial charge on any atom is -0.497 e. The van der Waals surface area contributed by atoms with Crippen LogP contribution in [0.15, 0.2) is 35.7 Å². The van der Waals surface area contributed by atoms with Crippen molar-refractivity contribution in [2.45, 2.75) is 27.3 Å². The van der Waals surface area contributed by atoms with Gasteiger partial charge in [-0.05, 0) is 23.1 Å². The lowest BCUT2D eigenvalue weighted by atomic mass is 9.97. The summed E-state index contributed by atoms with van der Waals surface area (Å²) in [5.74, 6) is 0.782. The molecule has 0 heterocycles. The molecule has 5 heteroatoms. The van der Waals surface area contributed by atoms with Gasteiger partial charge in [0.25, 0.3) is 0 Å². The highest BCUT2D eigenvalue weighted by Crippen LogP contribution is 2.13. The zero-order valence-electron chi connectivity index (χ0n) is 13.5. The van der Waals surface area contributed by atoms with E-state index in [-0.39, 0.29) is 16.8 Å². The molecule has 1 aromatic carbocycles. The maximum absolute atomic E-state index is 9.24. The second-order valence-corrected chi connectivity index (χ2v) is 6.09. The second kappa shape index (κ2) is 7.95. The molecule has 0 aliphatic carbocycles. The predicted molar refractivity (Wildman–Crippen MR) is 85.5 cm³/mol. The Morgan fingerprint density at radius 3 is 2.05 bits per heavy atom. The van der Waals surface area contributed by atoms with Gasteiger partial charge in [0.2, 0.25) is 0 Å². The topological polar surface area (TPSA) is 80.9 Å². The lowest BCUT2D eigenvalue weighted by Gasteiger charge is -2.19. The number of nitriles is 2. The van der Waals surface area contributed by atoms with Crippen molar-refractivity contribution in [3.05, 3.63) is 41.2 Å². The van der Waals surface area contributed by atoms with Crippen LogP contribution in [0.2, 0.25) is 0 Å². The molecule has 1 rings (SSSR count). The Morgan fingerprint density at radius 2 is 1.59 bits per heavy atom. The van der Waals surface area contributed by atoms with Crippen molar-refractivity contribution >= 4 is 0 Å². The largest absolute Gasteiger partial charge is 0.497 e. The van der Waals surface area contributed by atoms with Crippen LogP contribution in [0, 0.1) is 28.1 Å². The van der Waals surface area contributed by atoms with Crippen molar-refractivity contribution in [3.63, 3.8) is 0 Å². The number of nitrogens with one attached hydrogen (secondary N) is 2. The summed E-state index contributed by atoms with van der Waals surface area (Å²) >= 11 is 0. The van der Waals surface area contributed by atoms with Gasteiger partial charge in [0.15, 0.2) is 0 Å². The fourth-order valence-corrected chi connectivity index (χ4v) is 1.66. The average Bonchev–Trinajstić information content (AvgIpc) is 2.50. The number of ether oxygens (including phenoxy) is 1. The molecular weight excluding hydrogens is 276 g/mol. The lowest BCUT2D eigenvalue weighted by molar-refractivity contribution is 0.398. The number of benzene rings is 1. The number of methoxy groups -OCH3 is 1. The number of hydrogen-bond donors (Lipinski definition) is 2. The number of rotatable bonds is 6. The third kappa shape index (κ3) is 5.76. The van der Waals surface area contributed by atoms with Crippen LogP contribution in [0.1, 0.15) is 26.3 Å². The van der Waals surface area contributed by atoms with Crippen molar-refractivity contribution in [2.75, 3.05) is 13.7 Å². The van der Waals surface area contributed by atoms with Gasteiger partial charge in [0.05, 0.1) is 7.11 Å². The number of nitrogens with zero attached hydrogens (tertiary/aromatic N) is 2. The molecule has 5 nitrogen and oxygen atoms in total. The number of allylic oxidation sites excluding steroid dienone is 2. The molecule has 0 fully saturated rings. The van der Waals surface area contributed by atoms with Gasteiger partial charge in [-0.3, -0.25) is 0 Å². The van der Waals surface area contributed by atoms with Gasteiger partial charge in [-0.2, -0.15) is 10.5 Å². The van der Waals surface area contributed by atoms with Gasteiger partial charge >= 0.3 is 0 Å². The summed E-state index contributed by atoms with van der Waals surface area (Å²) in [6.07, 6.45) is 0. The molecule has 116 valence electrons. The van der Waals surface area contributed by atoms with E-state index in [9.17, 15) is 10.5 Å². The van der Waals surface area contributed by atoms with E-state index in [1.165, 1.54) is 0 Å². The Balaban J connectivity index is 2.74. The second-order valence-electron chi connectivity index (χ2n) is 6.09. The molecule has 0 bridgehead atoms. The van der Waals surface area contributed by atoms with Gasteiger partial charge in [-0.1, -0.05) is 32.9 Å². The zero-order valence-corrected chi connectivity index (χ0v) is 13.5. The maximum Gasteiger partial charge on any atom is 0.148 e. The Bertz CT molecular complexity index is 598. The average molecular weight is 298 g/mol. The van der Waals surface area contributed by atoms with Crippen LogP contribution in [0.4, 0.5) is 0 Å². The van der Waals surface area contributed by atoms with Crippen LogP contribution >= 0.6 is 0 Å². The fourth-order valence-electron chi connectivity index (χ4n) is 1.66. The lowest BCUT2D eigenvalue weighted by Crippen LogP contribution is -2.28. The third-order valence-electron chi connectivity index (χ3n) is 2.90. The molecule has 0 spiro atoms. The maximum atomic E-state index is 9.24. The van der Waals surface area contributed by atoms with Crippen LogP contribution < -0.4 is 15.4 Å². The quantitative estimate of drug-likeness (QED) is 0.789. The molecule has 0 aromatic heterocycles. The summed E-state index contributed by atoms with van der Waals surface area (Å²) in [7, 11) is 1.61. The minimum absolute atomic E-state index is 0.0264. The van der Waals surface area contributed by atoms with Gasteiger partial charge < -0.3 is 15.4 Å². The molecule has 0 aliphatic rings. The summed E-state index contributed by atoms with van der Waals surface area (Å²) in [6.45, 7) is 7.27. The third-order valence-corrected chi connectivity index (χ3v) is 2.90. The van der Waals surface area contributed by atoms with Gasteiger partial charge in [-0.25, -0.2) is 0 Å². The van der Waals surface area contributed by atoms with Crippen LogP contribution in [0.3, 0.4) is 0 Å². The van der Waals surface area contributed by atoms with Gasteiger partial charge in [0, 0.05) is 13.1 Å². The Morgan fingerprint density at radius 1 is 1.05 bits per heavy atom. The van der Waals surface area contributed by atoms with Crippen molar-refractivity contribution in [3.8, 4) is 17.9 Å². The Hall–Kier alpha value is -2.66. The van der Waals surface area contributed by atoms with E-state index in [0.717, 1.165) is 11.3 Å². The van der Waals surface area contributed by atoms with E-state index in [2.05, 4.69) is 31.4 Å². The summed E-state index contributed by atoms with van der Waals surface area (Å²) < 4.78 is 5.10. The molecule has 0 radical (unpaired) electrons. The van der Waals surface area contributed by atoms with E-state index >= 15 is 0 Å². The molecule has 2 N–H and O–H groups in total. The normalized spacial score (nSPS) is 11.7. The van der Waals surface area contributed by atoms with Crippen LogP contribution in [-0.4, -0.2) is 13.7 Å². The predicted octanol–water partition coefficient (Wildman–Crippen LogP) is 2.68. The summed E-state index contributed by atoms with van der Waals surface area (Å²) in [4.78, 5) is 0. The molecule has 1 aromatic rings. The Labute approximate surface area is 132 Å². The highest BCUT2D eigenvalue weighted by atomic mass is 16.5. The summed E-state index contributed by atoms with van der Waals surface area (Å²) in [5.41, 5.74) is 1.55. The first-order chi connectivity index (χ1) is 10.4. The molecule has 22 heavy (non-hydrogen) atoms.